The van der Waals surface area contributed by atoms with Crippen molar-refractivity contribution in [1.29, 1.82) is 0 Å². The Morgan fingerprint density at radius 3 is 2.53 bits per heavy atom. The number of nitrogens with zero attached hydrogens (tertiary/aromatic N) is 3. The average molecular weight is 414 g/mol. The molecule has 3 heterocycles. The molecule has 30 heavy (non-hydrogen) atoms. The summed E-state index contributed by atoms with van der Waals surface area (Å²) in [5.74, 6) is 0. The quantitative estimate of drug-likeness (QED) is 0.653. The molecule has 4 rings (SSSR count). The lowest BCUT2D eigenvalue weighted by atomic mass is 10.1. The Bertz CT molecular complexity index is 974. The van der Waals surface area contributed by atoms with Crippen LogP contribution in [0.1, 0.15) is 16.8 Å². The van der Waals surface area contributed by atoms with Crippen molar-refractivity contribution in [3.8, 4) is 11.3 Å². The highest BCUT2D eigenvalue weighted by molar-refractivity contribution is 5.60. The second-order valence-electron chi connectivity index (χ2n) is 7.70. The van der Waals surface area contributed by atoms with E-state index in [1.54, 1.807) is 12.3 Å². The summed E-state index contributed by atoms with van der Waals surface area (Å²) in [4.78, 5) is 12.0. The Labute approximate surface area is 174 Å². The van der Waals surface area contributed by atoms with Gasteiger partial charge in [-0.25, -0.2) is 0 Å². The van der Waals surface area contributed by atoms with E-state index in [1.165, 1.54) is 17.7 Å². The summed E-state index contributed by atoms with van der Waals surface area (Å²) in [5.41, 5.74) is 4.65. The molecule has 0 unspecified atom stereocenters. The van der Waals surface area contributed by atoms with Gasteiger partial charge in [-0.2, -0.15) is 13.2 Å². The van der Waals surface area contributed by atoms with Crippen molar-refractivity contribution in [2.24, 2.45) is 0 Å². The largest absolute Gasteiger partial charge is 0.416 e. The highest BCUT2D eigenvalue weighted by Crippen LogP contribution is 2.32. The molecule has 2 aromatic heterocycles. The van der Waals surface area contributed by atoms with Crippen LogP contribution in [0.4, 0.5) is 18.9 Å². The molecule has 3 aromatic rings. The number of hydrogen-bond donors (Lipinski definition) is 1. The molecule has 4 nitrogen and oxygen atoms in total. The maximum Gasteiger partial charge on any atom is 0.416 e. The zero-order valence-electron chi connectivity index (χ0n) is 16.9. The van der Waals surface area contributed by atoms with Crippen LogP contribution in [-0.2, 0) is 12.6 Å². The molecule has 0 amide bonds. The Hall–Kier alpha value is -2.80. The molecule has 7 heteroatoms. The minimum atomic E-state index is -4.30. The number of aromatic nitrogens is 2. The summed E-state index contributed by atoms with van der Waals surface area (Å²) in [6, 6.07) is 11.8. The van der Waals surface area contributed by atoms with E-state index in [-0.39, 0.29) is 0 Å². The molecule has 1 aliphatic heterocycles. The molecule has 0 atom stereocenters. The number of anilines is 1. The lowest BCUT2D eigenvalue weighted by molar-refractivity contribution is -0.137. The third-order valence-corrected chi connectivity index (χ3v) is 5.70. The maximum absolute atomic E-state index is 13.0. The van der Waals surface area contributed by atoms with E-state index in [2.05, 4.69) is 27.9 Å². The summed E-state index contributed by atoms with van der Waals surface area (Å²) < 4.78 is 38.9. The first-order chi connectivity index (χ1) is 14.4. The van der Waals surface area contributed by atoms with E-state index >= 15 is 0 Å². The van der Waals surface area contributed by atoms with Crippen molar-refractivity contribution in [2.45, 2.75) is 19.5 Å². The van der Waals surface area contributed by atoms with Crippen LogP contribution in [0.5, 0.6) is 0 Å². The number of nitrogens with one attached hydrogen (secondary N) is 1. The molecular weight excluding hydrogens is 389 g/mol. The van der Waals surface area contributed by atoms with Crippen LogP contribution in [0, 0.1) is 6.92 Å². The minimum Gasteiger partial charge on any atom is -0.369 e. The first kappa shape index (κ1) is 20.5. The average Bonchev–Trinajstić information content (AvgIpc) is 3.13. The fourth-order valence-corrected chi connectivity index (χ4v) is 3.93. The number of alkyl halides is 3. The summed E-state index contributed by atoms with van der Waals surface area (Å²) in [6.45, 7) is 6.16. The normalized spacial score (nSPS) is 15.5. The number of benzene rings is 1. The Balaban J connectivity index is 1.32. The Morgan fingerprint density at radius 2 is 1.83 bits per heavy atom. The van der Waals surface area contributed by atoms with Crippen LogP contribution >= 0.6 is 0 Å². The fourth-order valence-electron chi connectivity index (χ4n) is 3.93. The molecule has 0 bridgehead atoms. The lowest BCUT2D eigenvalue weighted by Gasteiger charge is -2.36. The van der Waals surface area contributed by atoms with Crippen LogP contribution < -0.4 is 4.90 Å². The third kappa shape index (κ3) is 4.67. The molecule has 1 N–H and O–H groups in total. The number of hydrogen-bond acceptors (Lipinski definition) is 3. The highest BCUT2D eigenvalue weighted by Gasteiger charge is 2.31. The van der Waals surface area contributed by atoms with Crippen molar-refractivity contribution in [1.82, 2.24) is 14.9 Å². The molecule has 1 aliphatic rings. The van der Waals surface area contributed by atoms with Gasteiger partial charge in [0.15, 0.2) is 0 Å². The van der Waals surface area contributed by atoms with Gasteiger partial charge in [0.1, 0.15) is 0 Å². The van der Waals surface area contributed by atoms with Gasteiger partial charge in [-0.1, -0.05) is 6.07 Å². The van der Waals surface area contributed by atoms with Gasteiger partial charge in [-0.3, -0.25) is 9.88 Å². The monoisotopic (exact) mass is 414 g/mol. The number of H-pyrrole nitrogens is 1. The maximum atomic E-state index is 13.0. The zero-order chi connectivity index (χ0) is 21.1. The van der Waals surface area contributed by atoms with Crippen molar-refractivity contribution >= 4 is 5.69 Å². The number of pyridine rings is 1. The summed E-state index contributed by atoms with van der Waals surface area (Å²) in [5, 5.41) is 0. The van der Waals surface area contributed by atoms with Gasteiger partial charge in [0.25, 0.3) is 0 Å². The van der Waals surface area contributed by atoms with Gasteiger partial charge in [0.2, 0.25) is 0 Å². The van der Waals surface area contributed by atoms with Crippen LogP contribution in [0.15, 0.2) is 54.9 Å². The number of aryl methyl sites for hydroxylation is 1. The molecule has 0 spiro atoms. The first-order valence-corrected chi connectivity index (χ1v) is 10.1. The smallest absolute Gasteiger partial charge is 0.369 e. The van der Waals surface area contributed by atoms with Gasteiger partial charge < -0.3 is 9.88 Å². The van der Waals surface area contributed by atoms with Crippen LogP contribution in [0.25, 0.3) is 11.3 Å². The van der Waals surface area contributed by atoms with Crippen molar-refractivity contribution in [3.05, 3.63) is 71.7 Å². The van der Waals surface area contributed by atoms with Crippen molar-refractivity contribution in [2.75, 3.05) is 37.6 Å². The second kappa shape index (κ2) is 8.52. The SMILES string of the molecule is Cc1[nH]c(-c2cccnc2)cc1CCN1CCN(c2cccc(C(F)(F)F)c2)CC1. The van der Waals surface area contributed by atoms with E-state index in [4.69, 9.17) is 0 Å². The molecule has 0 aliphatic carbocycles. The highest BCUT2D eigenvalue weighted by atomic mass is 19.4. The molecule has 0 saturated carbocycles. The standard InChI is InChI=1S/C23H25F3N4/c1-17-18(14-22(28-17)19-4-3-8-27-16-19)7-9-29-10-12-30(13-11-29)21-6-2-5-20(15-21)23(24,25)26/h2-6,8,14-16,28H,7,9-13H2,1H3. The third-order valence-electron chi connectivity index (χ3n) is 5.70. The molecule has 1 fully saturated rings. The number of rotatable bonds is 5. The number of piperazine rings is 1. The van der Waals surface area contributed by atoms with Gasteiger partial charge in [0, 0.05) is 67.8 Å². The van der Waals surface area contributed by atoms with E-state index in [9.17, 15) is 13.2 Å². The minimum absolute atomic E-state index is 0.588. The number of halogens is 3. The summed E-state index contributed by atoms with van der Waals surface area (Å²) in [7, 11) is 0. The van der Waals surface area contributed by atoms with Crippen molar-refractivity contribution < 1.29 is 13.2 Å². The van der Waals surface area contributed by atoms with Gasteiger partial charge in [-0.05, 0) is 55.3 Å². The zero-order valence-corrected chi connectivity index (χ0v) is 16.9. The van der Waals surface area contributed by atoms with Crippen LogP contribution in [0.3, 0.4) is 0 Å². The molecular formula is C23H25F3N4. The summed E-state index contributed by atoms with van der Waals surface area (Å²) >= 11 is 0. The predicted octanol–water partition coefficient (Wildman–Crippen LogP) is 4.77. The molecule has 1 aromatic carbocycles. The van der Waals surface area contributed by atoms with Crippen molar-refractivity contribution in [3.63, 3.8) is 0 Å². The van der Waals surface area contributed by atoms with Crippen LogP contribution in [0.2, 0.25) is 0 Å². The predicted molar refractivity (Wildman–Crippen MR) is 113 cm³/mol. The van der Waals surface area contributed by atoms with E-state index in [0.29, 0.717) is 5.69 Å². The lowest BCUT2D eigenvalue weighted by Crippen LogP contribution is -2.47. The Morgan fingerprint density at radius 1 is 1.03 bits per heavy atom. The molecule has 158 valence electrons. The molecule has 0 radical (unpaired) electrons. The van der Waals surface area contributed by atoms with Gasteiger partial charge >= 0.3 is 6.18 Å². The fraction of sp³-hybridized carbons (Fsp3) is 0.348. The second-order valence-corrected chi connectivity index (χ2v) is 7.70. The summed E-state index contributed by atoms with van der Waals surface area (Å²) in [6.07, 6.45) is 0.244. The van der Waals surface area contributed by atoms with Gasteiger partial charge in [0.05, 0.1) is 5.56 Å². The van der Waals surface area contributed by atoms with Crippen LogP contribution in [-0.4, -0.2) is 47.6 Å². The topological polar surface area (TPSA) is 35.2 Å². The van der Waals surface area contributed by atoms with E-state index < -0.39 is 11.7 Å². The Kier molecular flexibility index (Phi) is 5.81. The molecule has 1 saturated heterocycles. The van der Waals surface area contributed by atoms with E-state index in [1.807, 2.05) is 23.2 Å². The van der Waals surface area contributed by atoms with Gasteiger partial charge in [-0.15, -0.1) is 0 Å². The first-order valence-electron chi connectivity index (χ1n) is 10.1. The van der Waals surface area contributed by atoms with E-state index in [0.717, 1.165) is 62.2 Å². The number of aromatic amines is 1.